The average molecular weight is 324 g/mol. The molecule has 0 atom stereocenters. The van der Waals surface area contributed by atoms with Gasteiger partial charge in [0.25, 0.3) is 0 Å². The van der Waals surface area contributed by atoms with Crippen molar-refractivity contribution in [3.63, 3.8) is 0 Å². The molecule has 0 radical (unpaired) electrons. The Morgan fingerprint density at radius 3 is 2.53 bits per heavy atom. The van der Waals surface area contributed by atoms with Gasteiger partial charge in [0.15, 0.2) is 0 Å². The van der Waals surface area contributed by atoms with Gasteiger partial charge in [-0.25, -0.2) is 5.84 Å². The van der Waals surface area contributed by atoms with Gasteiger partial charge in [-0.15, -0.1) is 0 Å². The van der Waals surface area contributed by atoms with Crippen LogP contribution in [0.15, 0.2) is 27.7 Å². The molecule has 3 nitrogen and oxygen atoms in total. The van der Waals surface area contributed by atoms with Gasteiger partial charge in [-0.2, -0.15) is 0 Å². The molecule has 0 aromatic heterocycles. The lowest BCUT2D eigenvalue weighted by atomic mass is 10.1. The molecule has 1 aromatic rings. The third-order valence-electron chi connectivity index (χ3n) is 3.70. The maximum Gasteiger partial charge on any atom is 0.142 e. The number of hydrogen-bond donors (Lipinski definition) is 2. The fourth-order valence-corrected chi connectivity index (χ4v) is 2.80. The number of nitrogens with one attached hydrogen (secondary N) is 1. The highest BCUT2D eigenvalue weighted by molar-refractivity contribution is 9.10. The number of nitrogens with two attached hydrogens (primary N) is 1. The van der Waals surface area contributed by atoms with Crippen LogP contribution < -0.4 is 11.3 Å². The van der Waals surface area contributed by atoms with Crippen molar-refractivity contribution in [3.05, 3.63) is 33.8 Å². The Kier molecular flexibility index (Phi) is 5.40. The largest absolute Gasteiger partial charge is 0.308 e. The smallest absolute Gasteiger partial charge is 0.142 e. The summed E-state index contributed by atoms with van der Waals surface area (Å²) in [5, 5.41) is 0. The van der Waals surface area contributed by atoms with Gasteiger partial charge >= 0.3 is 0 Å². The fraction of sp³-hybridized carbons (Fsp3) is 0.533. The van der Waals surface area contributed by atoms with Crippen LogP contribution in [-0.4, -0.2) is 11.9 Å². The second-order valence-corrected chi connectivity index (χ2v) is 6.09. The summed E-state index contributed by atoms with van der Waals surface area (Å²) in [7, 11) is 0. The molecule has 1 fully saturated rings. The lowest BCUT2D eigenvalue weighted by molar-refractivity contribution is 0.583. The van der Waals surface area contributed by atoms with Crippen LogP contribution in [0.5, 0.6) is 0 Å². The van der Waals surface area contributed by atoms with Gasteiger partial charge in [-0.3, -0.25) is 4.99 Å². The van der Waals surface area contributed by atoms with Crippen molar-refractivity contribution in [3.8, 4) is 0 Å². The van der Waals surface area contributed by atoms with Crippen LogP contribution in [0.1, 0.15) is 49.7 Å². The van der Waals surface area contributed by atoms with Crippen molar-refractivity contribution >= 4 is 21.8 Å². The molecule has 0 aliphatic heterocycles. The first-order valence-electron chi connectivity index (χ1n) is 7.01. The summed E-state index contributed by atoms with van der Waals surface area (Å²) in [4.78, 5) is 4.82. The molecule has 1 aliphatic carbocycles. The molecule has 3 N–H and O–H groups in total. The summed E-state index contributed by atoms with van der Waals surface area (Å²) < 4.78 is 1.11. The summed E-state index contributed by atoms with van der Waals surface area (Å²) >= 11 is 3.52. The molecular weight excluding hydrogens is 302 g/mol. The maximum atomic E-state index is 5.66. The van der Waals surface area contributed by atoms with Crippen LogP contribution >= 0.6 is 15.9 Å². The van der Waals surface area contributed by atoms with E-state index in [0.717, 1.165) is 15.9 Å². The van der Waals surface area contributed by atoms with E-state index in [9.17, 15) is 0 Å². The van der Waals surface area contributed by atoms with E-state index >= 15 is 0 Å². The Hall–Kier alpha value is -0.870. The van der Waals surface area contributed by atoms with E-state index in [-0.39, 0.29) is 0 Å². The van der Waals surface area contributed by atoms with Gasteiger partial charge in [0, 0.05) is 10.0 Å². The molecule has 1 saturated carbocycles. The minimum atomic E-state index is 0.414. The summed E-state index contributed by atoms with van der Waals surface area (Å²) in [5.74, 6) is 6.46. The number of rotatable bonds is 2. The summed E-state index contributed by atoms with van der Waals surface area (Å²) in [6, 6.07) is 6.62. The second-order valence-electron chi connectivity index (χ2n) is 5.23. The van der Waals surface area contributed by atoms with E-state index in [0.29, 0.717) is 6.04 Å². The van der Waals surface area contributed by atoms with Gasteiger partial charge < -0.3 is 5.43 Å². The van der Waals surface area contributed by atoms with Crippen molar-refractivity contribution in [2.24, 2.45) is 10.8 Å². The summed E-state index contributed by atoms with van der Waals surface area (Å²) in [5.41, 5.74) is 5.03. The lowest BCUT2D eigenvalue weighted by Gasteiger charge is -2.13. The van der Waals surface area contributed by atoms with E-state index < -0.39 is 0 Å². The summed E-state index contributed by atoms with van der Waals surface area (Å²) in [6.07, 6.45) is 7.61. The van der Waals surface area contributed by atoms with Gasteiger partial charge in [-0.1, -0.05) is 47.7 Å². The van der Waals surface area contributed by atoms with Crippen LogP contribution in [0.4, 0.5) is 0 Å². The molecule has 0 spiro atoms. The molecule has 0 unspecified atom stereocenters. The molecule has 0 heterocycles. The molecule has 4 heteroatoms. The van der Waals surface area contributed by atoms with Crippen LogP contribution in [0, 0.1) is 6.92 Å². The van der Waals surface area contributed by atoms with Crippen molar-refractivity contribution in [2.45, 2.75) is 51.5 Å². The number of hydrazine groups is 1. The number of amidine groups is 1. The molecule has 0 bridgehead atoms. The number of hydrogen-bond acceptors (Lipinski definition) is 2. The average Bonchev–Trinajstić information content (AvgIpc) is 2.68. The van der Waals surface area contributed by atoms with E-state index in [1.54, 1.807) is 0 Å². The highest BCUT2D eigenvalue weighted by Crippen LogP contribution is 2.21. The molecule has 1 aromatic carbocycles. The van der Waals surface area contributed by atoms with Crippen LogP contribution in [0.25, 0.3) is 0 Å². The Labute approximate surface area is 123 Å². The third-order valence-corrected chi connectivity index (χ3v) is 4.59. The van der Waals surface area contributed by atoms with E-state index in [1.165, 1.54) is 44.1 Å². The van der Waals surface area contributed by atoms with Crippen molar-refractivity contribution in [1.29, 1.82) is 0 Å². The molecule has 0 amide bonds. The lowest BCUT2D eigenvalue weighted by Crippen LogP contribution is -2.32. The Morgan fingerprint density at radius 1 is 1.26 bits per heavy atom. The molecule has 19 heavy (non-hydrogen) atoms. The minimum absolute atomic E-state index is 0.414. The number of benzene rings is 1. The van der Waals surface area contributed by atoms with E-state index in [4.69, 9.17) is 10.8 Å². The van der Waals surface area contributed by atoms with E-state index in [2.05, 4.69) is 34.3 Å². The van der Waals surface area contributed by atoms with Crippen molar-refractivity contribution < 1.29 is 0 Å². The van der Waals surface area contributed by atoms with Crippen molar-refractivity contribution in [2.75, 3.05) is 0 Å². The predicted octanol–water partition coefficient (Wildman–Crippen LogP) is 3.69. The van der Waals surface area contributed by atoms with Gasteiger partial charge in [0.05, 0.1) is 6.04 Å². The normalized spacial score (nSPS) is 18.2. The third kappa shape index (κ3) is 4.05. The van der Waals surface area contributed by atoms with Gasteiger partial charge in [-0.05, 0) is 37.5 Å². The van der Waals surface area contributed by atoms with Crippen molar-refractivity contribution in [1.82, 2.24) is 5.43 Å². The van der Waals surface area contributed by atoms with Gasteiger partial charge in [0.1, 0.15) is 5.84 Å². The van der Waals surface area contributed by atoms with Crippen LogP contribution in [-0.2, 0) is 0 Å². The Morgan fingerprint density at radius 2 is 1.95 bits per heavy atom. The first-order chi connectivity index (χ1) is 9.20. The maximum absolute atomic E-state index is 5.66. The Bertz CT molecular complexity index is 449. The quantitative estimate of drug-likeness (QED) is 0.287. The number of halogens is 1. The first kappa shape index (κ1) is 14.5. The standard InChI is InChI=1S/C15H22BrN3/c1-11-10-12(8-9-14(11)16)15(19-17)18-13-6-4-2-3-5-7-13/h8-10,13H,2-7,17H2,1H3,(H,18,19). The number of aryl methyl sites for hydroxylation is 1. The summed E-state index contributed by atoms with van der Waals surface area (Å²) in [6.45, 7) is 2.08. The molecule has 0 saturated heterocycles. The Balaban J connectivity index is 2.19. The zero-order valence-electron chi connectivity index (χ0n) is 11.5. The minimum Gasteiger partial charge on any atom is -0.308 e. The highest BCUT2D eigenvalue weighted by atomic mass is 79.9. The zero-order valence-corrected chi connectivity index (χ0v) is 13.0. The first-order valence-corrected chi connectivity index (χ1v) is 7.81. The zero-order chi connectivity index (χ0) is 13.7. The van der Waals surface area contributed by atoms with Crippen LogP contribution in [0.2, 0.25) is 0 Å². The molecule has 2 rings (SSSR count). The molecular formula is C15H22BrN3. The fourth-order valence-electron chi connectivity index (χ4n) is 2.56. The number of nitrogens with zero attached hydrogens (tertiary/aromatic N) is 1. The topological polar surface area (TPSA) is 50.4 Å². The predicted molar refractivity (Wildman–Crippen MR) is 84.2 cm³/mol. The van der Waals surface area contributed by atoms with Crippen LogP contribution in [0.3, 0.4) is 0 Å². The monoisotopic (exact) mass is 323 g/mol. The van der Waals surface area contributed by atoms with Gasteiger partial charge in [0.2, 0.25) is 0 Å². The number of aliphatic imine (C=N–C) groups is 1. The molecule has 1 aliphatic rings. The highest BCUT2D eigenvalue weighted by Gasteiger charge is 2.13. The molecule has 104 valence electrons. The SMILES string of the molecule is Cc1cc(C(=NC2CCCCCC2)NN)ccc1Br. The second kappa shape index (κ2) is 7.06. The van der Waals surface area contributed by atoms with E-state index in [1.807, 2.05) is 12.1 Å².